The number of esters is 2. The molecule has 1 aliphatic rings. The van der Waals surface area contributed by atoms with Gasteiger partial charge in [-0.1, -0.05) is 18.2 Å². The van der Waals surface area contributed by atoms with Crippen LogP contribution in [0, 0.1) is 0 Å². The first-order valence-corrected chi connectivity index (χ1v) is 6.50. The van der Waals surface area contributed by atoms with Gasteiger partial charge in [-0.25, -0.2) is 9.59 Å². The Kier molecular flexibility index (Phi) is 3.88. The van der Waals surface area contributed by atoms with Gasteiger partial charge in [-0.15, -0.1) is 0 Å². The monoisotopic (exact) mass is 290 g/mol. The van der Waals surface area contributed by atoms with Crippen LogP contribution < -0.4 is 5.32 Å². The molecule has 0 aliphatic carbocycles. The highest BCUT2D eigenvalue weighted by Crippen LogP contribution is 2.26. The molecule has 112 valence electrons. The van der Waals surface area contributed by atoms with Crippen LogP contribution in [0.2, 0.25) is 0 Å². The lowest BCUT2D eigenvalue weighted by atomic mass is 10.2. The van der Waals surface area contributed by atoms with Gasteiger partial charge in [-0.05, 0) is 12.1 Å². The Morgan fingerprint density at radius 2 is 1.57 bits per heavy atom. The molecule has 1 fully saturated rings. The lowest BCUT2D eigenvalue weighted by Crippen LogP contribution is -2.44. The van der Waals surface area contributed by atoms with Gasteiger partial charge >= 0.3 is 11.9 Å². The molecule has 0 unspecified atom stereocenters. The minimum atomic E-state index is -1.25. The van der Waals surface area contributed by atoms with E-state index in [1.807, 2.05) is 30.3 Å². The van der Waals surface area contributed by atoms with E-state index in [1.54, 1.807) is 19.0 Å². The zero-order valence-electron chi connectivity index (χ0n) is 12.5. The van der Waals surface area contributed by atoms with Crippen LogP contribution in [0.3, 0.4) is 0 Å². The van der Waals surface area contributed by atoms with E-state index in [2.05, 4.69) is 5.32 Å². The van der Waals surface area contributed by atoms with Gasteiger partial charge < -0.3 is 19.7 Å². The highest BCUT2D eigenvalue weighted by Gasteiger charge is 2.41. The van der Waals surface area contributed by atoms with Crippen LogP contribution in [0.4, 0.5) is 5.69 Å². The second kappa shape index (κ2) is 5.47. The van der Waals surface area contributed by atoms with Gasteiger partial charge in [0, 0.05) is 33.6 Å². The largest absolute Gasteiger partial charge is 0.419 e. The molecule has 0 saturated carbocycles. The van der Waals surface area contributed by atoms with Crippen molar-refractivity contribution in [1.29, 1.82) is 0 Å². The SMILES string of the molecule is CN(C)C(Nc1ccccc1)=C1C(=O)OC(C)(C)OC1=O. The predicted octanol–water partition coefficient (Wildman–Crippen LogP) is 1.71. The minimum absolute atomic E-state index is 0.150. The van der Waals surface area contributed by atoms with Crippen molar-refractivity contribution in [3.63, 3.8) is 0 Å². The number of nitrogens with zero attached hydrogens (tertiary/aromatic N) is 1. The summed E-state index contributed by atoms with van der Waals surface area (Å²) in [6.45, 7) is 3.03. The van der Waals surface area contributed by atoms with Gasteiger partial charge in [0.15, 0.2) is 5.57 Å². The van der Waals surface area contributed by atoms with Crippen LogP contribution in [-0.4, -0.2) is 36.7 Å². The number of nitrogens with one attached hydrogen (secondary N) is 1. The summed E-state index contributed by atoms with van der Waals surface area (Å²) in [5, 5.41) is 3.04. The Hall–Kier alpha value is -2.50. The third-order valence-corrected chi connectivity index (χ3v) is 2.81. The first-order valence-electron chi connectivity index (χ1n) is 6.50. The number of hydrogen-bond donors (Lipinski definition) is 1. The van der Waals surface area contributed by atoms with E-state index in [0.29, 0.717) is 5.82 Å². The van der Waals surface area contributed by atoms with Crippen molar-refractivity contribution in [2.45, 2.75) is 19.6 Å². The van der Waals surface area contributed by atoms with Crippen LogP contribution in [0.5, 0.6) is 0 Å². The fourth-order valence-corrected chi connectivity index (χ4v) is 1.90. The molecule has 1 N–H and O–H groups in total. The lowest BCUT2D eigenvalue weighted by Gasteiger charge is -2.32. The number of rotatable bonds is 3. The Bertz CT molecular complexity index is 569. The standard InChI is InChI=1S/C15H18N2O4/c1-15(2)20-13(18)11(14(19)21-15)12(17(3)4)16-10-8-6-5-7-9-10/h5-9,16H,1-4H3. The maximum atomic E-state index is 12.1. The third kappa shape index (κ3) is 3.34. The molecule has 0 spiro atoms. The zero-order chi connectivity index (χ0) is 15.6. The normalized spacial score (nSPS) is 16.9. The molecule has 1 aliphatic heterocycles. The number of benzene rings is 1. The average Bonchev–Trinajstić information content (AvgIpc) is 2.36. The van der Waals surface area contributed by atoms with Crippen LogP contribution in [-0.2, 0) is 19.1 Å². The van der Waals surface area contributed by atoms with E-state index in [1.165, 1.54) is 13.8 Å². The van der Waals surface area contributed by atoms with Crippen LogP contribution in [0.25, 0.3) is 0 Å². The van der Waals surface area contributed by atoms with Gasteiger partial charge in [0.25, 0.3) is 5.79 Å². The lowest BCUT2D eigenvalue weighted by molar-refractivity contribution is -0.222. The summed E-state index contributed by atoms with van der Waals surface area (Å²) in [5.74, 6) is -2.33. The maximum Gasteiger partial charge on any atom is 0.352 e. The number of cyclic esters (lactones) is 2. The molecule has 21 heavy (non-hydrogen) atoms. The average molecular weight is 290 g/mol. The van der Waals surface area contributed by atoms with Crippen molar-refractivity contribution < 1.29 is 19.1 Å². The van der Waals surface area contributed by atoms with E-state index in [-0.39, 0.29) is 5.57 Å². The van der Waals surface area contributed by atoms with Gasteiger partial charge in [0.05, 0.1) is 0 Å². The third-order valence-electron chi connectivity index (χ3n) is 2.81. The van der Waals surface area contributed by atoms with Crippen LogP contribution >= 0.6 is 0 Å². The Morgan fingerprint density at radius 1 is 1.05 bits per heavy atom. The summed E-state index contributed by atoms with van der Waals surface area (Å²) >= 11 is 0. The quantitative estimate of drug-likeness (QED) is 0.519. The van der Waals surface area contributed by atoms with Gasteiger partial charge in [0.2, 0.25) is 0 Å². The van der Waals surface area contributed by atoms with E-state index in [4.69, 9.17) is 9.47 Å². The van der Waals surface area contributed by atoms with E-state index in [0.717, 1.165) is 5.69 Å². The predicted molar refractivity (Wildman–Crippen MR) is 77.0 cm³/mol. The summed E-state index contributed by atoms with van der Waals surface area (Å²) in [6, 6.07) is 9.22. The molecule has 0 amide bonds. The summed E-state index contributed by atoms with van der Waals surface area (Å²) < 4.78 is 10.2. The fourth-order valence-electron chi connectivity index (χ4n) is 1.90. The van der Waals surface area contributed by atoms with Crippen LogP contribution in [0.15, 0.2) is 41.7 Å². The Morgan fingerprint density at radius 3 is 2.05 bits per heavy atom. The molecular weight excluding hydrogens is 272 g/mol. The summed E-state index contributed by atoms with van der Waals surface area (Å²) in [5.41, 5.74) is 0.599. The molecule has 0 radical (unpaired) electrons. The van der Waals surface area contributed by atoms with Crippen molar-refractivity contribution in [2.24, 2.45) is 0 Å². The molecule has 1 heterocycles. The maximum absolute atomic E-state index is 12.1. The number of carbonyl (C=O) groups excluding carboxylic acids is 2. The molecule has 6 heteroatoms. The number of ether oxygens (including phenoxy) is 2. The summed E-state index contributed by atoms with van der Waals surface area (Å²) in [7, 11) is 3.44. The fraction of sp³-hybridized carbons (Fsp3) is 0.333. The number of anilines is 1. The van der Waals surface area contributed by atoms with Crippen molar-refractivity contribution in [2.75, 3.05) is 19.4 Å². The Labute approximate surface area is 123 Å². The van der Waals surface area contributed by atoms with Gasteiger partial charge in [0.1, 0.15) is 5.82 Å². The molecule has 1 aromatic rings. The second-order valence-electron chi connectivity index (χ2n) is 5.29. The highest BCUT2D eigenvalue weighted by molar-refractivity contribution is 6.16. The molecule has 0 bridgehead atoms. The minimum Gasteiger partial charge on any atom is -0.419 e. The smallest absolute Gasteiger partial charge is 0.352 e. The van der Waals surface area contributed by atoms with E-state index in [9.17, 15) is 9.59 Å². The molecule has 1 saturated heterocycles. The van der Waals surface area contributed by atoms with Gasteiger partial charge in [-0.2, -0.15) is 0 Å². The molecule has 6 nitrogen and oxygen atoms in total. The molecule has 0 aromatic heterocycles. The van der Waals surface area contributed by atoms with Gasteiger partial charge in [-0.3, -0.25) is 0 Å². The van der Waals surface area contributed by atoms with Crippen molar-refractivity contribution in [3.8, 4) is 0 Å². The first-order chi connectivity index (χ1) is 9.80. The number of hydrogen-bond acceptors (Lipinski definition) is 6. The summed E-state index contributed by atoms with van der Waals surface area (Å²) in [6.07, 6.45) is 0. The Balaban J connectivity index is 2.40. The van der Waals surface area contributed by atoms with E-state index < -0.39 is 17.7 Å². The molecule has 1 aromatic carbocycles. The first kappa shape index (κ1) is 14.9. The second-order valence-corrected chi connectivity index (χ2v) is 5.29. The highest BCUT2D eigenvalue weighted by atomic mass is 16.7. The molecular formula is C15H18N2O4. The summed E-state index contributed by atoms with van der Waals surface area (Å²) in [4.78, 5) is 25.8. The molecule has 2 rings (SSSR count). The van der Waals surface area contributed by atoms with Crippen molar-refractivity contribution in [1.82, 2.24) is 4.90 Å². The zero-order valence-corrected chi connectivity index (χ0v) is 12.5. The number of para-hydroxylation sites is 1. The number of carbonyl (C=O) groups is 2. The van der Waals surface area contributed by atoms with E-state index >= 15 is 0 Å². The molecule has 0 atom stereocenters. The van der Waals surface area contributed by atoms with Crippen LogP contribution in [0.1, 0.15) is 13.8 Å². The van der Waals surface area contributed by atoms with Crippen molar-refractivity contribution in [3.05, 3.63) is 41.7 Å². The topological polar surface area (TPSA) is 67.9 Å². The van der Waals surface area contributed by atoms with Crippen molar-refractivity contribution >= 4 is 17.6 Å².